The Kier molecular flexibility index (Phi) is 6.22. The molecule has 0 unspecified atom stereocenters. The predicted octanol–water partition coefficient (Wildman–Crippen LogP) is 5.03. The van der Waals surface area contributed by atoms with Gasteiger partial charge in [-0.1, -0.05) is 40.2 Å². The number of ether oxygens (including phenoxy) is 2. The van der Waals surface area contributed by atoms with Crippen LogP contribution in [-0.2, 0) is 19.7 Å². The van der Waals surface area contributed by atoms with Crippen molar-refractivity contribution in [1.82, 2.24) is 4.90 Å². The molecule has 0 saturated carbocycles. The molecule has 1 aliphatic heterocycles. The summed E-state index contributed by atoms with van der Waals surface area (Å²) in [5.74, 6) is -1.27. The van der Waals surface area contributed by atoms with E-state index in [-0.39, 0.29) is 13.1 Å². The van der Waals surface area contributed by atoms with Crippen molar-refractivity contribution in [3.05, 3.63) is 69.9 Å². The number of esters is 1. The zero-order valence-corrected chi connectivity index (χ0v) is 19.0. The Hall–Kier alpha value is -2.41. The average molecular weight is 478 g/mol. The zero-order chi connectivity index (χ0) is 22.1. The SMILES string of the molecule is COC(=O)[C@]1(c2ccc(F)cc2)CN(C(=O)OC(C)(C)C)C[C@H]1c1ccc(Br)cc1. The van der Waals surface area contributed by atoms with E-state index in [1.165, 1.54) is 24.1 Å². The van der Waals surface area contributed by atoms with Crippen LogP contribution in [0.3, 0.4) is 0 Å². The first kappa shape index (κ1) is 22.3. The maximum absolute atomic E-state index is 13.6. The van der Waals surface area contributed by atoms with Crippen LogP contribution in [0, 0.1) is 5.82 Å². The largest absolute Gasteiger partial charge is 0.468 e. The van der Waals surface area contributed by atoms with Crippen molar-refractivity contribution in [3.63, 3.8) is 0 Å². The van der Waals surface area contributed by atoms with Gasteiger partial charge in [0.2, 0.25) is 0 Å². The van der Waals surface area contributed by atoms with E-state index in [4.69, 9.17) is 9.47 Å². The van der Waals surface area contributed by atoms with Gasteiger partial charge in [-0.25, -0.2) is 9.18 Å². The molecule has 7 heteroatoms. The number of carbonyl (C=O) groups is 2. The lowest BCUT2D eigenvalue weighted by Gasteiger charge is -2.32. The number of amides is 1. The van der Waals surface area contributed by atoms with E-state index in [2.05, 4.69) is 15.9 Å². The first-order chi connectivity index (χ1) is 14.1. The van der Waals surface area contributed by atoms with Crippen molar-refractivity contribution in [1.29, 1.82) is 0 Å². The number of benzene rings is 2. The lowest BCUT2D eigenvalue weighted by molar-refractivity contribution is -0.147. The van der Waals surface area contributed by atoms with Crippen molar-refractivity contribution in [2.75, 3.05) is 20.2 Å². The number of likely N-dealkylation sites (tertiary alicyclic amines) is 1. The van der Waals surface area contributed by atoms with Gasteiger partial charge in [0.05, 0.1) is 7.11 Å². The van der Waals surface area contributed by atoms with E-state index >= 15 is 0 Å². The standard InChI is InChI=1S/C23H25BrFNO4/c1-22(2,3)30-21(28)26-13-19(15-5-9-17(24)10-6-15)23(14-26,20(27)29-4)16-7-11-18(25)12-8-16/h5-12,19H,13-14H2,1-4H3/t19-,23-/m0/s1. The molecule has 1 fully saturated rings. The molecule has 2 aromatic carbocycles. The van der Waals surface area contributed by atoms with Crippen molar-refractivity contribution >= 4 is 28.0 Å². The number of halogens is 2. The van der Waals surface area contributed by atoms with Crippen LogP contribution in [-0.4, -0.2) is 42.8 Å². The van der Waals surface area contributed by atoms with Crippen molar-refractivity contribution in [2.45, 2.75) is 37.7 Å². The Balaban J connectivity index is 2.13. The summed E-state index contributed by atoms with van der Waals surface area (Å²) in [6.07, 6.45) is -0.502. The second-order valence-corrected chi connectivity index (χ2v) is 9.35. The van der Waals surface area contributed by atoms with Crippen LogP contribution in [0.1, 0.15) is 37.8 Å². The number of rotatable bonds is 3. The molecule has 0 radical (unpaired) electrons. The molecule has 2 atom stereocenters. The zero-order valence-electron chi connectivity index (χ0n) is 17.4. The molecule has 0 aromatic heterocycles. The topological polar surface area (TPSA) is 55.8 Å². The molecule has 0 N–H and O–H groups in total. The molecule has 3 rings (SSSR count). The van der Waals surface area contributed by atoms with Crippen LogP contribution in [0.25, 0.3) is 0 Å². The predicted molar refractivity (Wildman–Crippen MR) is 115 cm³/mol. The minimum Gasteiger partial charge on any atom is -0.468 e. The number of hydrogen-bond acceptors (Lipinski definition) is 4. The van der Waals surface area contributed by atoms with E-state index < -0.39 is 34.8 Å². The minimum atomic E-state index is -1.19. The molecule has 0 bridgehead atoms. The molecule has 2 aromatic rings. The third-order valence-electron chi connectivity index (χ3n) is 5.27. The summed E-state index contributed by atoms with van der Waals surface area (Å²) in [6.45, 7) is 5.71. The maximum Gasteiger partial charge on any atom is 0.410 e. The lowest BCUT2D eigenvalue weighted by Crippen LogP contribution is -2.44. The lowest BCUT2D eigenvalue weighted by atomic mass is 9.69. The van der Waals surface area contributed by atoms with Gasteiger partial charge in [-0.05, 0) is 56.2 Å². The van der Waals surface area contributed by atoms with E-state index in [0.717, 1.165) is 10.0 Å². The van der Waals surface area contributed by atoms with Gasteiger partial charge < -0.3 is 14.4 Å². The van der Waals surface area contributed by atoms with Gasteiger partial charge in [-0.15, -0.1) is 0 Å². The molecular weight excluding hydrogens is 453 g/mol. The molecule has 1 aliphatic rings. The van der Waals surface area contributed by atoms with Crippen LogP contribution < -0.4 is 0 Å². The first-order valence-corrected chi connectivity index (χ1v) is 10.4. The van der Waals surface area contributed by atoms with Crippen molar-refractivity contribution in [3.8, 4) is 0 Å². The highest BCUT2D eigenvalue weighted by atomic mass is 79.9. The quantitative estimate of drug-likeness (QED) is 0.581. The average Bonchev–Trinajstić information content (AvgIpc) is 3.09. The number of carbonyl (C=O) groups excluding carboxylic acids is 2. The smallest absolute Gasteiger partial charge is 0.410 e. The van der Waals surface area contributed by atoms with Gasteiger partial charge in [0.15, 0.2) is 0 Å². The van der Waals surface area contributed by atoms with Crippen molar-refractivity contribution in [2.24, 2.45) is 0 Å². The summed E-state index contributed by atoms with van der Waals surface area (Å²) < 4.78 is 25.3. The monoisotopic (exact) mass is 477 g/mol. The summed E-state index contributed by atoms with van der Waals surface area (Å²) in [6, 6.07) is 13.4. The summed E-state index contributed by atoms with van der Waals surface area (Å²) >= 11 is 3.43. The highest BCUT2D eigenvalue weighted by Gasteiger charge is 2.56. The van der Waals surface area contributed by atoms with Gasteiger partial charge in [0, 0.05) is 23.5 Å². The van der Waals surface area contributed by atoms with Crippen LogP contribution in [0.15, 0.2) is 53.0 Å². The molecule has 1 saturated heterocycles. The van der Waals surface area contributed by atoms with Crippen LogP contribution in [0.4, 0.5) is 9.18 Å². The normalized spacial score (nSPS) is 21.4. The molecule has 160 valence electrons. The number of hydrogen-bond donors (Lipinski definition) is 0. The Morgan fingerprint density at radius 1 is 1.10 bits per heavy atom. The molecule has 1 heterocycles. The van der Waals surface area contributed by atoms with Gasteiger partial charge in [-0.2, -0.15) is 0 Å². The molecular formula is C23H25BrFNO4. The summed E-state index contributed by atoms with van der Waals surface area (Å²) in [7, 11) is 1.32. The van der Waals surface area contributed by atoms with E-state index in [0.29, 0.717) is 5.56 Å². The fourth-order valence-electron chi connectivity index (χ4n) is 3.95. The highest BCUT2D eigenvalue weighted by molar-refractivity contribution is 9.10. The maximum atomic E-state index is 13.6. The third kappa shape index (κ3) is 4.36. The summed E-state index contributed by atoms with van der Waals surface area (Å²) in [5, 5.41) is 0. The summed E-state index contributed by atoms with van der Waals surface area (Å²) in [4.78, 5) is 27.6. The fraction of sp³-hybridized carbons (Fsp3) is 0.391. The molecule has 30 heavy (non-hydrogen) atoms. The van der Waals surface area contributed by atoms with Crippen LogP contribution in [0.5, 0.6) is 0 Å². The van der Waals surface area contributed by atoms with Gasteiger partial charge in [0.25, 0.3) is 0 Å². The highest BCUT2D eigenvalue weighted by Crippen LogP contribution is 2.47. The Bertz CT molecular complexity index is 924. The number of nitrogens with zero attached hydrogens (tertiary/aromatic N) is 1. The van der Waals surface area contributed by atoms with E-state index in [1.54, 1.807) is 32.9 Å². The molecule has 0 aliphatic carbocycles. The summed E-state index contributed by atoms with van der Waals surface area (Å²) in [5.41, 5.74) is -0.391. The second-order valence-electron chi connectivity index (χ2n) is 8.43. The van der Waals surface area contributed by atoms with Crippen LogP contribution in [0.2, 0.25) is 0 Å². The van der Waals surface area contributed by atoms with Crippen molar-refractivity contribution < 1.29 is 23.5 Å². The third-order valence-corrected chi connectivity index (χ3v) is 5.80. The Morgan fingerprint density at radius 3 is 2.23 bits per heavy atom. The number of methoxy groups -OCH3 is 1. The van der Waals surface area contributed by atoms with E-state index in [9.17, 15) is 14.0 Å². The van der Waals surface area contributed by atoms with Gasteiger partial charge in [0.1, 0.15) is 16.8 Å². The Labute approximate surface area is 184 Å². The van der Waals surface area contributed by atoms with Gasteiger partial charge >= 0.3 is 12.1 Å². The van der Waals surface area contributed by atoms with E-state index in [1.807, 2.05) is 24.3 Å². The molecule has 0 spiro atoms. The minimum absolute atomic E-state index is 0.0704. The first-order valence-electron chi connectivity index (χ1n) is 9.64. The Morgan fingerprint density at radius 2 is 1.70 bits per heavy atom. The molecule has 1 amide bonds. The fourth-order valence-corrected chi connectivity index (χ4v) is 4.21. The van der Waals surface area contributed by atoms with Gasteiger partial charge in [-0.3, -0.25) is 4.79 Å². The molecule has 5 nitrogen and oxygen atoms in total. The van der Waals surface area contributed by atoms with Crippen LogP contribution >= 0.6 is 15.9 Å². The second kappa shape index (κ2) is 8.38.